The van der Waals surface area contributed by atoms with Gasteiger partial charge in [-0.05, 0) is 47.5 Å². The molecule has 0 saturated carbocycles. The lowest BCUT2D eigenvalue weighted by atomic mass is 10.0. The Morgan fingerprint density at radius 3 is 1.75 bits per heavy atom. The summed E-state index contributed by atoms with van der Waals surface area (Å²) < 4.78 is 0. The highest BCUT2D eigenvalue weighted by Crippen LogP contribution is 2.29. The Labute approximate surface area is 208 Å². The average molecular weight is 460 g/mol. The minimum absolute atomic E-state index is 0.914. The number of rotatable bonds is 3. The Hall–Kier alpha value is -4.89. The second-order valence-electron chi connectivity index (χ2n) is 8.99. The Morgan fingerprint density at radius 2 is 0.972 bits per heavy atom. The maximum absolute atomic E-state index is 5.02. The maximum Gasteiger partial charge on any atom is 0.0725 e. The van der Waals surface area contributed by atoms with Crippen LogP contribution in [0.3, 0.4) is 0 Å². The lowest BCUT2D eigenvalue weighted by Crippen LogP contribution is -1.90. The Bertz CT molecular complexity index is 1890. The van der Waals surface area contributed by atoms with Crippen molar-refractivity contribution < 1.29 is 0 Å². The fourth-order valence-electron chi connectivity index (χ4n) is 4.74. The molecule has 0 aliphatic heterocycles. The summed E-state index contributed by atoms with van der Waals surface area (Å²) in [6.07, 6.45) is 1.90. The van der Waals surface area contributed by atoms with Crippen LogP contribution in [0.4, 0.5) is 0 Å². The smallest absolute Gasteiger partial charge is 0.0725 e. The molecule has 3 aromatic heterocycles. The van der Waals surface area contributed by atoms with Crippen molar-refractivity contribution in [2.45, 2.75) is 0 Å². The Morgan fingerprint density at radius 1 is 0.361 bits per heavy atom. The van der Waals surface area contributed by atoms with Crippen LogP contribution in [0.5, 0.6) is 0 Å². The van der Waals surface area contributed by atoms with Gasteiger partial charge in [-0.1, -0.05) is 84.9 Å². The van der Waals surface area contributed by atoms with Crippen LogP contribution in [0.25, 0.3) is 66.4 Å². The van der Waals surface area contributed by atoms with Crippen LogP contribution in [0.2, 0.25) is 0 Å². The molecule has 0 radical (unpaired) electrons. The zero-order valence-corrected chi connectivity index (χ0v) is 19.5. The monoisotopic (exact) mass is 459 g/mol. The van der Waals surface area contributed by atoms with Crippen molar-refractivity contribution in [2.75, 3.05) is 0 Å². The second-order valence-corrected chi connectivity index (χ2v) is 8.99. The van der Waals surface area contributed by atoms with Crippen molar-refractivity contribution in [1.29, 1.82) is 0 Å². The summed E-state index contributed by atoms with van der Waals surface area (Å²) in [4.78, 5) is 14.6. The van der Waals surface area contributed by atoms with Crippen molar-refractivity contribution in [3.8, 4) is 33.6 Å². The van der Waals surface area contributed by atoms with Gasteiger partial charge in [0.15, 0.2) is 0 Å². The van der Waals surface area contributed by atoms with Crippen LogP contribution in [0.1, 0.15) is 0 Å². The van der Waals surface area contributed by atoms with Crippen molar-refractivity contribution in [3.63, 3.8) is 0 Å². The largest absolute Gasteiger partial charge is 0.256 e. The minimum atomic E-state index is 0.914. The number of hydrogen-bond donors (Lipinski definition) is 0. The molecule has 0 bridgehead atoms. The fraction of sp³-hybridized carbons (Fsp3) is 0. The van der Waals surface area contributed by atoms with Gasteiger partial charge < -0.3 is 0 Å². The van der Waals surface area contributed by atoms with Crippen molar-refractivity contribution in [3.05, 3.63) is 128 Å². The van der Waals surface area contributed by atoms with Gasteiger partial charge in [0, 0.05) is 33.5 Å². The van der Waals surface area contributed by atoms with E-state index < -0.39 is 0 Å². The first kappa shape index (κ1) is 20.5. The first-order valence-electron chi connectivity index (χ1n) is 12.0. The number of para-hydroxylation sites is 1. The predicted octanol–water partition coefficient (Wildman–Crippen LogP) is 8.33. The Balaban J connectivity index is 1.30. The van der Waals surface area contributed by atoms with Crippen molar-refractivity contribution >= 4 is 32.7 Å². The number of pyridine rings is 3. The van der Waals surface area contributed by atoms with E-state index in [1.807, 2.05) is 30.5 Å². The van der Waals surface area contributed by atoms with Crippen LogP contribution >= 0.6 is 0 Å². The molecular formula is C33H21N3. The van der Waals surface area contributed by atoms with Crippen LogP contribution in [0.15, 0.2) is 128 Å². The molecule has 0 atom stereocenters. The van der Waals surface area contributed by atoms with Crippen LogP contribution < -0.4 is 0 Å². The standard InChI is InChI=1S/C33H21N3/c1-2-6-22(7-3-1)25-12-10-23-14-16-30(35-32(23)19-25)27-13-11-24-15-17-31(36-33(24)20-27)28-18-26-8-4-5-9-29(26)34-21-28/h1-21H. The lowest BCUT2D eigenvalue weighted by molar-refractivity contribution is 1.35. The van der Waals surface area contributed by atoms with E-state index in [4.69, 9.17) is 9.97 Å². The summed E-state index contributed by atoms with van der Waals surface area (Å²) in [5.74, 6) is 0. The molecule has 0 spiro atoms. The zero-order valence-electron chi connectivity index (χ0n) is 19.5. The van der Waals surface area contributed by atoms with E-state index in [-0.39, 0.29) is 0 Å². The molecule has 0 fully saturated rings. The van der Waals surface area contributed by atoms with Gasteiger partial charge in [0.05, 0.1) is 27.9 Å². The minimum Gasteiger partial charge on any atom is -0.256 e. The topological polar surface area (TPSA) is 38.7 Å². The molecule has 168 valence electrons. The number of hydrogen-bond acceptors (Lipinski definition) is 3. The van der Waals surface area contributed by atoms with Crippen molar-refractivity contribution in [1.82, 2.24) is 15.0 Å². The van der Waals surface area contributed by atoms with E-state index in [0.717, 1.165) is 55.2 Å². The van der Waals surface area contributed by atoms with Gasteiger partial charge in [-0.3, -0.25) is 4.98 Å². The van der Waals surface area contributed by atoms with E-state index in [2.05, 4.69) is 102 Å². The first-order valence-corrected chi connectivity index (χ1v) is 12.0. The average Bonchev–Trinajstić information content (AvgIpc) is 2.96. The molecule has 3 heteroatoms. The SMILES string of the molecule is c1ccc(-c2ccc3ccc(-c4ccc5ccc(-c6cnc7ccccc7c6)nc5c4)nc3c2)cc1. The van der Waals surface area contributed by atoms with Crippen molar-refractivity contribution in [2.24, 2.45) is 0 Å². The van der Waals surface area contributed by atoms with Gasteiger partial charge in [-0.15, -0.1) is 0 Å². The van der Waals surface area contributed by atoms with Gasteiger partial charge in [0.1, 0.15) is 0 Å². The summed E-state index contributed by atoms with van der Waals surface area (Å²) in [6, 6.07) is 42.0. The number of aromatic nitrogens is 3. The third-order valence-corrected chi connectivity index (χ3v) is 6.67. The Kier molecular flexibility index (Phi) is 4.78. The van der Waals surface area contributed by atoms with Gasteiger partial charge >= 0.3 is 0 Å². The van der Waals surface area contributed by atoms with Crippen LogP contribution in [0, 0.1) is 0 Å². The molecular weight excluding hydrogens is 438 g/mol. The number of fused-ring (bicyclic) bond motifs is 3. The zero-order chi connectivity index (χ0) is 23.9. The first-order chi connectivity index (χ1) is 17.8. The summed E-state index contributed by atoms with van der Waals surface area (Å²) in [5, 5.41) is 3.34. The quantitative estimate of drug-likeness (QED) is 0.267. The number of benzene rings is 4. The summed E-state index contributed by atoms with van der Waals surface area (Å²) >= 11 is 0. The summed E-state index contributed by atoms with van der Waals surface area (Å²) in [7, 11) is 0. The van der Waals surface area contributed by atoms with E-state index in [9.17, 15) is 0 Å². The number of nitrogens with zero attached hydrogens (tertiary/aromatic N) is 3. The summed E-state index contributed by atoms with van der Waals surface area (Å²) in [5.41, 5.74) is 9.19. The molecule has 3 nitrogen and oxygen atoms in total. The van der Waals surface area contributed by atoms with Crippen LogP contribution in [-0.4, -0.2) is 15.0 Å². The third-order valence-electron chi connectivity index (χ3n) is 6.67. The second kappa shape index (κ2) is 8.40. The van der Waals surface area contributed by atoms with E-state index >= 15 is 0 Å². The van der Waals surface area contributed by atoms with Gasteiger partial charge in [-0.2, -0.15) is 0 Å². The third kappa shape index (κ3) is 3.68. The molecule has 7 aromatic rings. The molecule has 3 heterocycles. The molecule has 0 aliphatic rings. The highest BCUT2D eigenvalue weighted by atomic mass is 14.7. The van der Waals surface area contributed by atoms with E-state index in [0.29, 0.717) is 0 Å². The van der Waals surface area contributed by atoms with E-state index in [1.54, 1.807) is 0 Å². The molecule has 36 heavy (non-hydrogen) atoms. The molecule has 0 saturated heterocycles. The molecule has 0 N–H and O–H groups in total. The maximum atomic E-state index is 5.02. The molecule has 7 rings (SSSR count). The molecule has 0 amide bonds. The summed E-state index contributed by atoms with van der Waals surface area (Å²) in [6.45, 7) is 0. The molecule has 4 aromatic carbocycles. The normalized spacial score (nSPS) is 11.3. The van der Waals surface area contributed by atoms with Gasteiger partial charge in [-0.25, -0.2) is 9.97 Å². The predicted molar refractivity (Wildman–Crippen MR) is 149 cm³/mol. The van der Waals surface area contributed by atoms with Crippen LogP contribution in [-0.2, 0) is 0 Å². The highest BCUT2D eigenvalue weighted by Gasteiger charge is 2.08. The van der Waals surface area contributed by atoms with Gasteiger partial charge in [0.25, 0.3) is 0 Å². The fourth-order valence-corrected chi connectivity index (χ4v) is 4.74. The highest BCUT2D eigenvalue weighted by molar-refractivity contribution is 5.90. The van der Waals surface area contributed by atoms with Gasteiger partial charge in [0.2, 0.25) is 0 Å². The molecule has 0 unspecified atom stereocenters. The lowest BCUT2D eigenvalue weighted by Gasteiger charge is -2.08. The molecule has 0 aliphatic carbocycles. The van der Waals surface area contributed by atoms with E-state index in [1.165, 1.54) is 11.1 Å².